The van der Waals surface area contributed by atoms with E-state index in [1.165, 1.54) is 0 Å². The zero-order chi connectivity index (χ0) is 13.9. The highest BCUT2D eigenvalue weighted by Crippen LogP contribution is 2.25. The van der Waals surface area contributed by atoms with Crippen LogP contribution in [0.15, 0.2) is 24.3 Å². The number of hydrogen-bond donors (Lipinski definition) is 3. The Bertz CT molecular complexity index is 616. The van der Waals surface area contributed by atoms with Crippen LogP contribution in [0, 0.1) is 6.92 Å². The summed E-state index contributed by atoms with van der Waals surface area (Å²) in [5.41, 5.74) is 1.56. The molecule has 0 aliphatic carbocycles. The maximum Gasteiger partial charge on any atom is 0.241 e. The highest BCUT2D eigenvalue weighted by molar-refractivity contribution is 5.98. The summed E-state index contributed by atoms with van der Waals surface area (Å²) in [7, 11) is 0. The van der Waals surface area contributed by atoms with Gasteiger partial charge < -0.3 is 10.6 Å². The Labute approximate surface area is 117 Å². The van der Waals surface area contributed by atoms with E-state index in [0.29, 0.717) is 5.82 Å². The molecule has 3 N–H and O–H groups in total. The number of H-pyrrole nitrogens is 1. The zero-order valence-electron chi connectivity index (χ0n) is 11.3. The molecule has 3 rings (SSSR count). The molecule has 20 heavy (non-hydrogen) atoms. The zero-order valence-corrected chi connectivity index (χ0v) is 11.3. The van der Waals surface area contributed by atoms with Gasteiger partial charge in [-0.1, -0.05) is 12.1 Å². The molecule has 1 aromatic carbocycles. The summed E-state index contributed by atoms with van der Waals surface area (Å²) in [6.07, 6.45) is 1.92. The van der Waals surface area contributed by atoms with Crippen LogP contribution < -0.4 is 10.6 Å². The van der Waals surface area contributed by atoms with Crippen molar-refractivity contribution in [3.05, 3.63) is 30.1 Å². The molecule has 6 heteroatoms. The molecule has 2 heterocycles. The number of aryl methyl sites for hydroxylation is 1. The van der Waals surface area contributed by atoms with Gasteiger partial charge in [-0.2, -0.15) is 5.10 Å². The third-order valence-corrected chi connectivity index (χ3v) is 3.40. The predicted octanol–water partition coefficient (Wildman–Crippen LogP) is 1.47. The normalized spacial score (nSPS) is 18.1. The molecule has 1 amide bonds. The highest BCUT2D eigenvalue weighted by atomic mass is 16.2. The topological polar surface area (TPSA) is 82.7 Å². The smallest absolute Gasteiger partial charge is 0.241 e. The van der Waals surface area contributed by atoms with Crippen molar-refractivity contribution in [1.82, 2.24) is 20.5 Å². The summed E-state index contributed by atoms with van der Waals surface area (Å²) in [6.45, 7) is 2.75. The first kappa shape index (κ1) is 12.8. The average molecular weight is 271 g/mol. The first-order chi connectivity index (χ1) is 9.74. The fourth-order valence-electron chi connectivity index (χ4n) is 2.38. The number of amides is 1. The van der Waals surface area contributed by atoms with Crippen molar-refractivity contribution in [2.75, 3.05) is 11.9 Å². The predicted molar refractivity (Wildman–Crippen MR) is 76.2 cm³/mol. The standard InChI is InChI=1S/C14H17N5O/c1-9-16-13(19-18-9)10-5-2-3-6-11(10)17-14(20)12-7-4-8-15-12/h2-3,5-6,12,15H,4,7-8H2,1H3,(H,17,20)(H,16,18,19)/t12-/m1/s1. The van der Waals surface area contributed by atoms with Gasteiger partial charge in [-0.05, 0) is 38.4 Å². The van der Waals surface area contributed by atoms with Crippen molar-refractivity contribution in [3.63, 3.8) is 0 Å². The molecule has 6 nitrogen and oxygen atoms in total. The van der Waals surface area contributed by atoms with Crippen LogP contribution in [0.5, 0.6) is 0 Å². The number of carbonyl (C=O) groups excluding carboxylic acids is 1. The second-order valence-corrected chi connectivity index (χ2v) is 4.93. The Morgan fingerprint density at radius 1 is 1.40 bits per heavy atom. The van der Waals surface area contributed by atoms with E-state index >= 15 is 0 Å². The lowest BCUT2D eigenvalue weighted by Gasteiger charge is -2.13. The highest BCUT2D eigenvalue weighted by Gasteiger charge is 2.23. The third-order valence-electron chi connectivity index (χ3n) is 3.40. The minimum absolute atomic E-state index is 0.00204. The summed E-state index contributed by atoms with van der Waals surface area (Å²) in [5, 5.41) is 13.1. The van der Waals surface area contributed by atoms with E-state index in [1.807, 2.05) is 31.2 Å². The van der Waals surface area contributed by atoms with Crippen molar-refractivity contribution < 1.29 is 4.79 Å². The van der Waals surface area contributed by atoms with E-state index in [4.69, 9.17) is 0 Å². The van der Waals surface area contributed by atoms with Crippen molar-refractivity contribution in [2.45, 2.75) is 25.8 Å². The third kappa shape index (κ3) is 2.55. The van der Waals surface area contributed by atoms with Crippen molar-refractivity contribution in [3.8, 4) is 11.4 Å². The second-order valence-electron chi connectivity index (χ2n) is 4.93. The lowest BCUT2D eigenvalue weighted by atomic mass is 10.1. The molecular formula is C14H17N5O. The molecule has 1 atom stereocenters. The Kier molecular flexibility index (Phi) is 3.47. The molecule has 2 aromatic rings. The number of aromatic amines is 1. The van der Waals surface area contributed by atoms with Crippen molar-refractivity contribution in [2.24, 2.45) is 0 Å². The van der Waals surface area contributed by atoms with Crippen LogP contribution in [-0.4, -0.2) is 33.7 Å². The average Bonchev–Trinajstić information content (AvgIpc) is 3.10. The van der Waals surface area contributed by atoms with Gasteiger partial charge in [-0.25, -0.2) is 4.98 Å². The summed E-state index contributed by atoms with van der Waals surface area (Å²) < 4.78 is 0. The molecular weight excluding hydrogens is 254 g/mol. The maximum absolute atomic E-state index is 12.2. The van der Waals surface area contributed by atoms with Gasteiger partial charge in [0.25, 0.3) is 0 Å². The molecule has 104 valence electrons. The van der Waals surface area contributed by atoms with Crippen molar-refractivity contribution in [1.29, 1.82) is 0 Å². The largest absolute Gasteiger partial charge is 0.324 e. The molecule has 0 unspecified atom stereocenters. The van der Waals surface area contributed by atoms with Crippen LogP contribution in [0.25, 0.3) is 11.4 Å². The molecule has 0 bridgehead atoms. The molecule has 0 spiro atoms. The first-order valence-corrected chi connectivity index (χ1v) is 6.77. The first-order valence-electron chi connectivity index (χ1n) is 6.77. The quantitative estimate of drug-likeness (QED) is 0.789. The van der Waals surface area contributed by atoms with E-state index in [9.17, 15) is 4.79 Å². The molecule has 0 radical (unpaired) electrons. The van der Waals surface area contributed by atoms with Gasteiger partial charge in [0.05, 0.1) is 11.7 Å². The Balaban J connectivity index is 1.84. The lowest BCUT2D eigenvalue weighted by molar-refractivity contribution is -0.117. The van der Waals surface area contributed by atoms with Gasteiger partial charge >= 0.3 is 0 Å². The number of anilines is 1. The number of rotatable bonds is 3. The van der Waals surface area contributed by atoms with Gasteiger partial charge in [-0.3, -0.25) is 9.89 Å². The van der Waals surface area contributed by atoms with Gasteiger partial charge in [-0.15, -0.1) is 0 Å². The Morgan fingerprint density at radius 2 is 2.25 bits per heavy atom. The fourth-order valence-corrected chi connectivity index (χ4v) is 2.38. The summed E-state index contributed by atoms with van der Waals surface area (Å²) in [4.78, 5) is 16.5. The van der Waals surface area contributed by atoms with Gasteiger partial charge in [0.15, 0.2) is 5.82 Å². The molecule has 1 saturated heterocycles. The lowest BCUT2D eigenvalue weighted by Crippen LogP contribution is -2.35. The number of aromatic nitrogens is 3. The summed E-state index contributed by atoms with van der Waals surface area (Å²) in [6, 6.07) is 7.47. The van der Waals surface area contributed by atoms with Crippen LogP contribution in [0.2, 0.25) is 0 Å². The van der Waals surface area contributed by atoms with Crippen LogP contribution in [0.1, 0.15) is 18.7 Å². The Hall–Kier alpha value is -2.21. The van der Waals surface area contributed by atoms with Crippen LogP contribution in [0.3, 0.4) is 0 Å². The van der Waals surface area contributed by atoms with E-state index in [-0.39, 0.29) is 11.9 Å². The SMILES string of the molecule is Cc1nc(-c2ccccc2NC(=O)[C@H]2CCCN2)n[nH]1. The van der Waals surface area contributed by atoms with Crippen LogP contribution >= 0.6 is 0 Å². The van der Waals surface area contributed by atoms with Crippen LogP contribution in [-0.2, 0) is 4.79 Å². The number of nitrogens with zero attached hydrogens (tertiary/aromatic N) is 2. The monoisotopic (exact) mass is 271 g/mol. The molecule has 1 aliphatic heterocycles. The number of para-hydroxylation sites is 1. The van der Waals surface area contributed by atoms with Gasteiger partial charge in [0.2, 0.25) is 5.91 Å². The number of benzene rings is 1. The molecule has 1 fully saturated rings. The summed E-state index contributed by atoms with van der Waals surface area (Å²) >= 11 is 0. The van der Waals surface area contributed by atoms with Gasteiger partial charge in [0, 0.05) is 5.56 Å². The molecule has 1 aromatic heterocycles. The number of nitrogens with one attached hydrogen (secondary N) is 3. The summed E-state index contributed by atoms with van der Waals surface area (Å²) in [5.74, 6) is 1.35. The minimum atomic E-state index is -0.100. The van der Waals surface area contributed by atoms with Gasteiger partial charge in [0.1, 0.15) is 5.82 Å². The number of carbonyl (C=O) groups is 1. The Morgan fingerprint density at radius 3 is 2.95 bits per heavy atom. The van der Waals surface area contributed by atoms with Crippen molar-refractivity contribution >= 4 is 11.6 Å². The van der Waals surface area contributed by atoms with Crippen LogP contribution in [0.4, 0.5) is 5.69 Å². The molecule has 1 aliphatic rings. The van der Waals surface area contributed by atoms with E-state index in [0.717, 1.165) is 36.5 Å². The molecule has 0 saturated carbocycles. The fraction of sp³-hybridized carbons (Fsp3) is 0.357. The maximum atomic E-state index is 12.2. The van der Waals surface area contributed by atoms with E-state index in [2.05, 4.69) is 25.8 Å². The van der Waals surface area contributed by atoms with E-state index in [1.54, 1.807) is 0 Å². The second kappa shape index (κ2) is 5.42. The van der Waals surface area contributed by atoms with E-state index < -0.39 is 0 Å². The number of hydrogen-bond acceptors (Lipinski definition) is 4. The minimum Gasteiger partial charge on any atom is -0.324 e.